The SMILES string of the molecule is Fc1ccc2[nH]cc(CCN3CCC(c4cccc5ccoc45)CC3)c2c1. The summed E-state index contributed by atoms with van der Waals surface area (Å²) in [5, 5.41) is 2.20. The summed E-state index contributed by atoms with van der Waals surface area (Å²) in [7, 11) is 0. The van der Waals surface area contributed by atoms with Gasteiger partial charge < -0.3 is 14.3 Å². The van der Waals surface area contributed by atoms with Gasteiger partial charge in [0.2, 0.25) is 0 Å². The first-order chi connectivity index (χ1) is 13.3. The summed E-state index contributed by atoms with van der Waals surface area (Å²) < 4.78 is 19.3. The van der Waals surface area contributed by atoms with Gasteiger partial charge in [-0.15, -0.1) is 0 Å². The Bertz CT molecular complexity index is 1070. The molecule has 3 nitrogen and oxygen atoms in total. The molecule has 0 unspecified atom stereocenters. The number of hydrogen-bond donors (Lipinski definition) is 1. The molecular weight excluding hydrogens is 339 g/mol. The van der Waals surface area contributed by atoms with E-state index in [0.29, 0.717) is 5.92 Å². The molecular formula is C23H23FN2O. The second-order valence-electron chi connectivity index (χ2n) is 7.56. The molecule has 1 aliphatic rings. The Balaban J connectivity index is 1.23. The van der Waals surface area contributed by atoms with Crippen LogP contribution in [0.4, 0.5) is 4.39 Å². The second-order valence-corrected chi connectivity index (χ2v) is 7.56. The number of piperidine rings is 1. The number of aromatic amines is 1. The Morgan fingerprint density at radius 1 is 1.11 bits per heavy atom. The van der Waals surface area contributed by atoms with Crippen molar-refractivity contribution in [3.63, 3.8) is 0 Å². The second kappa shape index (κ2) is 6.86. The van der Waals surface area contributed by atoms with Gasteiger partial charge in [-0.05, 0) is 73.7 Å². The normalized spacial score (nSPS) is 16.5. The maximum Gasteiger partial charge on any atom is 0.137 e. The van der Waals surface area contributed by atoms with E-state index in [1.807, 2.05) is 18.3 Å². The average molecular weight is 362 g/mol. The molecule has 3 heterocycles. The lowest BCUT2D eigenvalue weighted by molar-refractivity contribution is 0.215. The number of para-hydroxylation sites is 1. The molecule has 2 aromatic heterocycles. The predicted octanol–water partition coefficient (Wildman–Crippen LogP) is 5.48. The number of rotatable bonds is 4. The van der Waals surface area contributed by atoms with Crippen molar-refractivity contribution < 1.29 is 8.81 Å². The molecule has 1 N–H and O–H groups in total. The standard InChI is InChI=1S/C23H23FN2O/c24-19-4-5-22-21(14-19)18(15-25-22)8-12-26-10-6-16(7-11-26)20-3-1-2-17-9-13-27-23(17)20/h1-5,9,13-16,25H,6-8,10-12H2. The van der Waals surface area contributed by atoms with Crippen LogP contribution in [0.3, 0.4) is 0 Å². The van der Waals surface area contributed by atoms with Crippen LogP contribution in [0.25, 0.3) is 21.9 Å². The Hall–Kier alpha value is -2.59. The minimum absolute atomic E-state index is 0.170. The molecule has 138 valence electrons. The van der Waals surface area contributed by atoms with Crippen LogP contribution in [0.15, 0.2) is 59.3 Å². The molecule has 1 saturated heterocycles. The highest BCUT2D eigenvalue weighted by molar-refractivity contribution is 5.83. The van der Waals surface area contributed by atoms with Crippen molar-refractivity contribution in [1.29, 1.82) is 0 Å². The molecule has 4 heteroatoms. The highest BCUT2D eigenvalue weighted by Crippen LogP contribution is 2.33. The van der Waals surface area contributed by atoms with Crippen molar-refractivity contribution >= 4 is 21.9 Å². The lowest BCUT2D eigenvalue weighted by Gasteiger charge is -2.32. The Labute approximate surface area is 157 Å². The zero-order valence-electron chi connectivity index (χ0n) is 15.2. The molecule has 5 rings (SSSR count). The van der Waals surface area contributed by atoms with Gasteiger partial charge >= 0.3 is 0 Å². The van der Waals surface area contributed by atoms with E-state index >= 15 is 0 Å². The van der Waals surface area contributed by atoms with Gasteiger partial charge in [0.05, 0.1) is 6.26 Å². The molecule has 0 amide bonds. The fourth-order valence-corrected chi connectivity index (χ4v) is 4.44. The van der Waals surface area contributed by atoms with Crippen molar-refractivity contribution in [3.8, 4) is 0 Å². The fraction of sp³-hybridized carbons (Fsp3) is 0.304. The van der Waals surface area contributed by atoms with Crippen LogP contribution in [0.1, 0.15) is 29.9 Å². The molecule has 0 aliphatic carbocycles. The summed E-state index contributed by atoms with van der Waals surface area (Å²) in [5.41, 5.74) is 4.62. The number of hydrogen-bond acceptors (Lipinski definition) is 2. The number of fused-ring (bicyclic) bond motifs is 2. The van der Waals surface area contributed by atoms with Gasteiger partial charge in [0.25, 0.3) is 0 Å². The first kappa shape index (κ1) is 16.6. The third kappa shape index (κ3) is 3.15. The highest BCUT2D eigenvalue weighted by atomic mass is 19.1. The van der Waals surface area contributed by atoms with Crippen LogP contribution in [0.5, 0.6) is 0 Å². The summed E-state index contributed by atoms with van der Waals surface area (Å²) in [5.74, 6) is 0.398. The third-order valence-electron chi connectivity index (χ3n) is 5.96. The summed E-state index contributed by atoms with van der Waals surface area (Å²) >= 11 is 0. The topological polar surface area (TPSA) is 32.2 Å². The number of H-pyrrole nitrogens is 1. The Morgan fingerprint density at radius 2 is 2.00 bits per heavy atom. The quantitative estimate of drug-likeness (QED) is 0.522. The van der Waals surface area contributed by atoms with E-state index in [-0.39, 0.29) is 5.82 Å². The number of benzene rings is 2. The van der Waals surface area contributed by atoms with E-state index in [9.17, 15) is 4.39 Å². The number of aromatic nitrogens is 1. The number of nitrogens with one attached hydrogen (secondary N) is 1. The van der Waals surface area contributed by atoms with Gasteiger partial charge in [-0.1, -0.05) is 18.2 Å². The fourth-order valence-electron chi connectivity index (χ4n) is 4.44. The Morgan fingerprint density at radius 3 is 2.89 bits per heavy atom. The van der Waals surface area contributed by atoms with Gasteiger partial charge in [0, 0.05) is 29.0 Å². The van der Waals surface area contributed by atoms with Gasteiger partial charge in [-0.2, -0.15) is 0 Å². The van der Waals surface area contributed by atoms with Crippen molar-refractivity contribution in [3.05, 3.63) is 71.9 Å². The summed E-state index contributed by atoms with van der Waals surface area (Å²) in [6.45, 7) is 3.21. The molecule has 2 aromatic carbocycles. The number of likely N-dealkylation sites (tertiary alicyclic amines) is 1. The van der Waals surface area contributed by atoms with E-state index in [2.05, 4.69) is 28.1 Å². The van der Waals surface area contributed by atoms with Gasteiger partial charge in [-0.25, -0.2) is 4.39 Å². The van der Waals surface area contributed by atoms with E-state index in [1.165, 1.54) is 22.6 Å². The maximum atomic E-state index is 13.5. The number of nitrogens with zero attached hydrogens (tertiary/aromatic N) is 1. The molecule has 0 saturated carbocycles. The first-order valence-corrected chi connectivity index (χ1v) is 9.72. The molecule has 0 spiro atoms. The lowest BCUT2D eigenvalue weighted by atomic mass is 9.88. The third-order valence-corrected chi connectivity index (χ3v) is 5.96. The number of halogens is 1. The average Bonchev–Trinajstić information content (AvgIpc) is 3.33. The Kier molecular flexibility index (Phi) is 4.21. The van der Waals surface area contributed by atoms with Crippen LogP contribution in [-0.4, -0.2) is 29.5 Å². The minimum atomic E-state index is -0.170. The van der Waals surface area contributed by atoms with Crippen LogP contribution < -0.4 is 0 Å². The van der Waals surface area contributed by atoms with E-state index in [4.69, 9.17) is 4.42 Å². The van der Waals surface area contributed by atoms with Crippen molar-refractivity contribution in [2.75, 3.05) is 19.6 Å². The number of furan rings is 1. The first-order valence-electron chi connectivity index (χ1n) is 9.72. The van der Waals surface area contributed by atoms with E-state index in [0.717, 1.165) is 55.4 Å². The van der Waals surface area contributed by atoms with E-state index < -0.39 is 0 Å². The predicted molar refractivity (Wildman–Crippen MR) is 107 cm³/mol. The van der Waals surface area contributed by atoms with Crippen molar-refractivity contribution in [2.24, 2.45) is 0 Å². The lowest BCUT2D eigenvalue weighted by Crippen LogP contribution is -2.34. The smallest absolute Gasteiger partial charge is 0.137 e. The van der Waals surface area contributed by atoms with Gasteiger partial charge in [0.15, 0.2) is 0 Å². The van der Waals surface area contributed by atoms with Crippen molar-refractivity contribution in [2.45, 2.75) is 25.2 Å². The van der Waals surface area contributed by atoms with Crippen LogP contribution >= 0.6 is 0 Å². The monoisotopic (exact) mass is 362 g/mol. The summed E-state index contributed by atoms with van der Waals surface area (Å²) in [6, 6.07) is 13.5. The molecule has 0 bridgehead atoms. The molecule has 0 atom stereocenters. The zero-order valence-corrected chi connectivity index (χ0v) is 15.2. The zero-order chi connectivity index (χ0) is 18.2. The van der Waals surface area contributed by atoms with Crippen molar-refractivity contribution in [1.82, 2.24) is 9.88 Å². The van der Waals surface area contributed by atoms with Crippen LogP contribution in [-0.2, 0) is 6.42 Å². The van der Waals surface area contributed by atoms with E-state index in [1.54, 1.807) is 12.3 Å². The summed E-state index contributed by atoms with van der Waals surface area (Å²) in [4.78, 5) is 5.78. The maximum absolute atomic E-state index is 13.5. The summed E-state index contributed by atoms with van der Waals surface area (Å²) in [6.07, 6.45) is 7.06. The van der Waals surface area contributed by atoms with Crippen LogP contribution in [0, 0.1) is 5.82 Å². The highest BCUT2D eigenvalue weighted by Gasteiger charge is 2.23. The molecule has 0 radical (unpaired) electrons. The van der Waals surface area contributed by atoms with Crippen LogP contribution in [0.2, 0.25) is 0 Å². The molecule has 27 heavy (non-hydrogen) atoms. The van der Waals surface area contributed by atoms with Gasteiger partial charge in [0.1, 0.15) is 11.4 Å². The minimum Gasteiger partial charge on any atom is -0.464 e. The molecule has 4 aromatic rings. The largest absolute Gasteiger partial charge is 0.464 e. The van der Waals surface area contributed by atoms with Gasteiger partial charge in [-0.3, -0.25) is 0 Å². The molecule has 1 aliphatic heterocycles. The molecule has 1 fully saturated rings.